The summed E-state index contributed by atoms with van der Waals surface area (Å²) in [5.41, 5.74) is 10.5. The van der Waals surface area contributed by atoms with Gasteiger partial charge in [-0.05, 0) is 30.2 Å². The summed E-state index contributed by atoms with van der Waals surface area (Å²) in [6, 6.07) is 16.3. The number of amides is 1. The van der Waals surface area contributed by atoms with E-state index in [-0.39, 0.29) is 5.91 Å². The van der Waals surface area contributed by atoms with E-state index in [2.05, 4.69) is 39.7 Å². The van der Waals surface area contributed by atoms with Crippen molar-refractivity contribution in [2.24, 2.45) is 10.7 Å². The van der Waals surface area contributed by atoms with Gasteiger partial charge in [0.15, 0.2) is 0 Å². The number of nitrogens with two attached hydrogens (primary N) is 1. The molecule has 158 valence electrons. The predicted molar refractivity (Wildman–Crippen MR) is 127 cm³/mol. The number of benzene rings is 2. The maximum Gasteiger partial charge on any atom is 0.247 e. The number of nitrogens with zero attached hydrogens (tertiary/aromatic N) is 3. The average Bonchev–Trinajstić information content (AvgIpc) is 3.19. The molecule has 4 rings (SSSR count). The largest absolute Gasteiger partial charge is 0.387 e. The van der Waals surface area contributed by atoms with Crippen molar-refractivity contribution in [2.75, 3.05) is 6.54 Å². The lowest BCUT2D eigenvalue weighted by molar-refractivity contribution is -0.117. The molecule has 31 heavy (non-hydrogen) atoms. The number of carbonyl (C=O) groups excluding carboxylic acids is 1. The van der Waals surface area contributed by atoms with E-state index in [9.17, 15) is 4.79 Å². The van der Waals surface area contributed by atoms with Crippen molar-refractivity contribution in [2.45, 2.75) is 30.4 Å². The van der Waals surface area contributed by atoms with E-state index >= 15 is 0 Å². The molecule has 1 aromatic heterocycles. The number of amidine groups is 1. The second kappa shape index (κ2) is 9.66. The van der Waals surface area contributed by atoms with Crippen LogP contribution >= 0.6 is 11.8 Å². The van der Waals surface area contributed by atoms with Crippen molar-refractivity contribution >= 4 is 35.3 Å². The van der Waals surface area contributed by atoms with Gasteiger partial charge in [-0.1, -0.05) is 43.3 Å². The van der Waals surface area contributed by atoms with Crippen LogP contribution in [0.15, 0.2) is 76.4 Å². The van der Waals surface area contributed by atoms with Crippen LogP contribution in [-0.2, 0) is 10.5 Å². The number of hydrogen-bond acceptors (Lipinski definition) is 5. The molecule has 1 aliphatic rings. The molecule has 0 spiro atoms. The van der Waals surface area contributed by atoms with E-state index in [1.807, 2.05) is 54.3 Å². The normalized spacial score (nSPS) is 13.1. The lowest BCUT2D eigenvalue weighted by atomic mass is 10.1. The maximum atomic E-state index is 12.4. The molecule has 3 N–H and O–H groups in total. The molecule has 0 saturated heterocycles. The zero-order valence-electron chi connectivity index (χ0n) is 17.4. The fraction of sp³-hybridized carbons (Fsp3) is 0.208. The quantitative estimate of drug-likeness (QED) is 0.541. The summed E-state index contributed by atoms with van der Waals surface area (Å²) in [4.78, 5) is 18.0. The number of hydrogen-bond donors (Lipinski definition) is 2. The molecule has 0 saturated carbocycles. The molecule has 1 amide bonds. The fourth-order valence-corrected chi connectivity index (χ4v) is 4.10. The second-order valence-electron chi connectivity index (χ2n) is 7.34. The Labute approximate surface area is 186 Å². The van der Waals surface area contributed by atoms with Gasteiger partial charge < -0.3 is 11.1 Å². The maximum absolute atomic E-state index is 12.4. The number of aliphatic imine (C=N–C) groups is 1. The number of carbonyl (C=O) groups is 1. The Morgan fingerprint density at radius 2 is 2.06 bits per heavy atom. The molecule has 0 atom stereocenters. The summed E-state index contributed by atoms with van der Waals surface area (Å²) < 4.78 is 1.84. The highest BCUT2D eigenvalue weighted by molar-refractivity contribution is 7.98. The summed E-state index contributed by atoms with van der Waals surface area (Å²) in [5, 5.41) is 7.41. The van der Waals surface area contributed by atoms with Gasteiger partial charge in [0.2, 0.25) is 5.91 Å². The van der Waals surface area contributed by atoms with Crippen molar-refractivity contribution in [3.05, 3.63) is 77.6 Å². The molecule has 6 nitrogen and oxygen atoms in total. The summed E-state index contributed by atoms with van der Waals surface area (Å²) >= 11 is 1.75. The Hall–Kier alpha value is -3.32. The highest BCUT2D eigenvalue weighted by Crippen LogP contribution is 2.30. The van der Waals surface area contributed by atoms with Gasteiger partial charge in [-0.25, -0.2) is 9.67 Å². The molecule has 0 fully saturated rings. The molecule has 2 aromatic carbocycles. The monoisotopic (exact) mass is 431 g/mol. The zero-order chi connectivity index (χ0) is 21.6. The SMILES string of the molecule is CCCNC(=O)C1=Cc2ccc(-n3cc(SCc4ccccc4)cn3)cc2N=C(N)C1. The highest BCUT2D eigenvalue weighted by atomic mass is 32.2. The van der Waals surface area contributed by atoms with Gasteiger partial charge in [-0.15, -0.1) is 11.8 Å². The van der Waals surface area contributed by atoms with Crippen LogP contribution in [-0.4, -0.2) is 28.1 Å². The summed E-state index contributed by atoms with van der Waals surface area (Å²) in [7, 11) is 0. The van der Waals surface area contributed by atoms with Gasteiger partial charge in [0.05, 0.1) is 17.6 Å². The molecule has 0 bridgehead atoms. The number of nitrogens with one attached hydrogen (secondary N) is 1. The first-order chi connectivity index (χ1) is 15.1. The molecule has 1 aliphatic heterocycles. The molecule has 7 heteroatoms. The van der Waals surface area contributed by atoms with Crippen molar-refractivity contribution in [3.8, 4) is 5.69 Å². The van der Waals surface area contributed by atoms with Crippen molar-refractivity contribution in [1.29, 1.82) is 0 Å². The third kappa shape index (κ3) is 5.24. The van der Waals surface area contributed by atoms with Crippen molar-refractivity contribution < 1.29 is 4.79 Å². The van der Waals surface area contributed by atoms with E-state index in [1.54, 1.807) is 11.8 Å². The number of aromatic nitrogens is 2. The van der Waals surface area contributed by atoms with Crippen molar-refractivity contribution in [1.82, 2.24) is 15.1 Å². The minimum Gasteiger partial charge on any atom is -0.387 e. The first kappa shape index (κ1) is 20.9. The molecular formula is C24H25N5OS. The Kier molecular flexibility index (Phi) is 6.52. The predicted octanol–water partition coefficient (Wildman–Crippen LogP) is 4.47. The third-order valence-corrected chi connectivity index (χ3v) is 5.90. The molecule has 3 aromatic rings. The van der Waals surface area contributed by atoms with Gasteiger partial charge in [0.1, 0.15) is 5.84 Å². The van der Waals surface area contributed by atoms with Crippen LogP contribution in [0.2, 0.25) is 0 Å². The summed E-state index contributed by atoms with van der Waals surface area (Å²) in [6.07, 6.45) is 6.98. The standard InChI is InChI=1S/C24H25N5OS/c1-2-10-26-24(30)19-11-18-8-9-20(13-22(18)28-23(25)12-19)29-15-21(14-27-29)31-16-17-6-4-3-5-7-17/h3-9,11,13-15H,2,10,12,16H2,1H3,(H2,25,28)(H,26,30). The van der Waals surface area contributed by atoms with E-state index in [0.717, 1.165) is 34.0 Å². The molecule has 0 radical (unpaired) electrons. The Morgan fingerprint density at radius 1 is 1.23 bits per heavy atom. The van der Waals surface area contributed by atoms with Crippen LogP contribution in [0, 0.1) is 0 Å². The second-order valence-corrected chi connectivity index (χ2v) is 8.39. The Bertz CT molecular complexity index is 1130. The molecule has 0 unspecified atom stereocenters. The van der Waals surface area contributed by atoms with Gasteiger partial charge >= 0.3 is 0 Å². The average molecular weight is 432 g/mol. The van der Waals surface area contributed by atoms with E-state index in [0.29, 0.717) is 24.4 Å². The fourth-order valence-electron chi connectivity index (χ4n) is 3.28. The highest BCUT2D eigenvalue weighted by Gasteiger charge is 2.16. The number of rotatable bonds is 7. The molecule has 2 heterocycles. The van der Waals surface area contributed by atoms with Crippen LogP contribution in [0.5, 0.6) is 0 Å². The van der Waals surface area contributed by atoms with Gasteiger partial charge in [0, 0.05) is 40.9 Å². The van der Waals surface area contributed by atoms with Gasteiger partial charge in [-0.2, -0.15) is 5.10 Å². The van der Waals surface area contributed by atoms with E-state index < -0.39 is 0 Å². The van der Waals surface area contributed by atoms with Crippen LogP contribution in [0.3, 0.4) is 0 Å². The zero-order valence-corrected chi connectivity index (χ0v) is 18.2. The minimum absolute atomic E-state index is 0.0934. The minimum atomic E-state index is -0.0934. The summed E-state index contributed by atoms with van der Waals surface area (Å²) in [6.45, 7) is 2.66. The van der Waals surface area contributed by atoms with E-state index in [1.165, 1.54) is 5.56 Å². The number of thioether (sulfide) groups is 1. The van der Waals surface area contributed by atoms with Crippen LogP contribution in [0.25, 0.3) is 11.8 Å². The van der Waals surface area contributed by atoms with Crippen LogP contribution in [0.4, 0.5) is 5.69 Å². The summed E-state index contributed by atoms with van der Waals surface area (Å²) in [5.74, 6) is 1.23. The first-order valence-electron chi connectivity index (χ1n) is 10.3. The lowest BCUT2D eigenvalue weighted by Gasteiger charge is -2.07. The van der Waals surface area contributed by atoms with Crippen molar-refractivity contribution in [3.63, 3.8) is 0 Å². The van der Waals surface area contributed by atoms with Crippen LogP contribution in [0.1, 0.15) is 30.9 Å². The van der Waals surface area contributed by atoms with Gasteiger partial charge in [0.25, 0.3) is 0 Å². The molecule has 0 aliphatic carbocycles. The topological polar surface area (TPSA) is 85.3 Å². The lowest BCUT2D eigenvalue weighted by Crippen LogP contribution is -2.27. The Balaban J connectivity index is 1.53. The first-order valence-corrected chi connectivity index (χ1v) is 11.3. The van der Waals surface area contributed by atoms with Crippen LogP contribution < -0.4 is 11.1 Å². The third-order valence-electron chi connectivity index (χ3n) is 4.88. The van der Waals surface area contributed by atoms with Gasteiger partial charge in [-0.3, -0.25) is 4.79 Å². The smallest absolute Gasteiger partial charge is 0.247 e. The number of fused-ring (bicyclic) bond motifs is 1. The Morgan fingerprint density at radius 3 is 2.87 bits per heavy atom. The van der Waals surface area contributed by atoms with E-state index in [4.69, 9.17) is 5.73 Å². The molecular weight excluding hydrogens is 406 g/mol.